The highest BCUT2D eigenvalue weighted by molar-refractivity contribution is 6.21. The topological polar surface area (TPSA) is 99.2 Å². The van der Waals surface area contributed by atoms with Crippen LogP contribution in [0.2, 0.25) is 0 Å². The molecule has 1 fully saturated rings. The molecule has 2 aromatic rings. The van der Waals surface area contributed by atoms with Gasteiger partial charge in [-0.15, -0.1) is 0 Å². The zero-order chi connectivity index (χ0) is 27.7. The Balaban J connectivity index is 1.73. The number of fused-ring (bicyclic) bond motifs is 2. The summed E-state index contributed by atoms with van der Waals surface area (Å²) in [5.41, 5.74) is 1.02. The maximum absolute atomic E-state index is 13.8. The molecule has 2 heterocycles. The van der Waals surface area contributed by atoms with Gasteiger partial charge in [0.25, 0.3) is 11.8 Å². The van der Waals surface area contributed by atoms with Crippen LogP contribution in [-0.4, -0.2) is 48.1 Å². The number of ether oxygens (including phenoxy) is 3. The molecule has 0 saturated carbocycles. The summed E-state index contributed by atoms with van der Waals surface area (Å²) >= 11 is 0. The number of rotatable bonds is 6. The highest BCUT2D eigenvalue weighted by atomic mass is 16.6. The molecule has 0 aromatic heterocycles. The van der Waals surface area contributed by atoms with Crippen molar-refractivity contribution in [2.45, 2.75) is 33.4 Å². The fourth-order valence-corrected chi connectivity index (χ4v) is 5.39. The lowest BCUT2D eigenvalue weighted by atomic mass is 9.68. The molecule has 8 heteroatoms. The lowest BCUT2D eigenvalue weighted by Crippen LogP contribution is -2.57. The summed E-state index contributed by atoms with van der Waals surface area (Å²) in [5.74, 6) is -3.35. The molecular formula is C31H29NO7. The van der Waals surface area contributed by atoms with Crippen molar-refractivity contribution in [1.82, 2.24) is 4.90 Å². The van der Waals surface area contributed by atoms with E-state index < -0.39 is 41.3 Å². The summed E-state index contributed by atoms with van der Waals surface area (Å²) in [4.78, 5) is 55.5. The first-order valence-electron chi connectivity index (χ1n) is 13.0. The number of esters is 2. The zero-order valence-corrected chi connectivity index (χ0v) is 22.0. The number of nitrogens with zero attached hydrogens (tertiary/aromatic N) is 1. The van der Waals surface area contributed by atoms with Crippen molar-refractivity contribution < 1.29 is 33.4 Å². The Morgan fingerprint density at radius 3 is 2.08 bits per heavy atom. The maximum atomic E-state index is 13.8. The monoisotopic (exact) mass is 527 g/mol. The number of carbonyl (C=O) groups is 4. The lowest BCUT2D eigenvalue weighted by Gasteiger charge is -2.45. The van der Waals surface area contributed by atoms with Crippen molar-refractivity contribution in [2.75, 3.05) is 13.2 Å². The smallest absolute Gasteiger partial charge is 0.324 e. The molecule has 0 bridgehead atoms. The van der Waals surface area contributed by atoms with Gasteiger partial charge in [0, 0.05) is 12.0 Å². The van der Waals surface area contributed by atoms with E-state index in [-0.39, 0.29) is 36.5 Å². The van der Waals surface area contributed by atoms with Crippen molar-refractivity contribution in [3.63, 3.8) is 0 Å². The van der Waals surface area contributed by atoms with Crippen LogP contribution in [0.25, 0.3) is 5.57 Å². The van der Waals surface area contributed by atoms with Gasteiger partial charge in [0.2, 0.25) is 0 Å². The van der Waals surface area contributed by atoms with Gasteiger partial charge in [0.15, 0.2) is 11.6 Å². The molecule has 0 spiro atoms. The second-order valence-electron chi connectivity index (χ2n) is 9.58. The number of amides is 2. The third kappa shape index (κ3) is 4.26. The van der Waals surface area contributed by atoms with E-state index in [0.717, 1.165) is 16.0 Å². The third-order valence-corrected chi connectivity index (χ3v) is 7.27. The Bertz CT molecular complexity index is 1380. The number of hydrogen-bond donors (Lipinski definition) is 0. The van der Waals surface area contributed by atoms with Crippen molar-refractivity contribution in [1.29, 1.82) is 0 Å². The van der Waals surface area contributed by atoms with Crippen LogP contribution in [-0.2, 0) is 23.8 Å². The summed E-state index contributed by atoms with van der Waals surface area (Å²) in [6.07, 6.45) is 5.47. The summed E-state index contributed by atoms with van der Waals surface area (Å²) in [5, 5.41) is 0. The zero-order valence-electron chi connectivity index (χ0n) is 22.0. The molecule has 39 heavy (non-hydrogen) atoms. The molecule has 8 nitrogen and oxygen atoms in total. The average Bonchev–Trinajstić information content (AvgIpc) is 3.06. The normalized spacial score (nSPS) is 21.2. The molecule has 2 aliphatic heterocycles. The highest BCUT2D eigenvalue weighted by Gasteiger charge is 2.62. The van der Waals surface area contributed by atoms with Crippen LogP contribution in [0, 0.1) is 18.3 Å². The number of imide groups is 1. The van der Waals surface area contributed by atoms with E-state index in [1.54, 1.807) is 56.3 Å². The van der Waals surface area contributed by atoms with Gasteiger partial charge in [-0.2, -0.15) is 0 Å². The highest BCUT2D eigenvalue weighted by Crippen LogP contribution is 2.51. The molecule has 5 rings (SSSR count). The minimum absolute atomic E-state index is 0.0249. The van der Waals surface area contributed by atoms with Crippen molar-refractivity contribution in [3.05, 3.63) is 101 Å². The molecule has 0 N–H and O–H groups in total. The first kappa shape index (κ1) is 26.2. The van der Waals surface area contributed by atoms with E-state index in [2.05, 4.69) is 0 Å². The molecular weight excluding hydrogens is 498 g/mol. The van der Waals surface area contributed by atoms with Crippen LogP contribution < -0.4 is 0 Å². The van der Waals surface area contributed by atoms with Gasteiger partial charge < -0.3 is 14.2 Å². The van der Waals surface area contributed by atoms with Gasteiger partial charge in [-0.3, -0.25) is 19.2 Å². The molecule has 2 atom stereocenters. The quantitative estimate of drug-likeness (QED) is 0.307. The Kier molecular flexibility index (Phi) is 6.95. The minimum atomic E-state index is -1.90. The molecule has 3 aliphatic rings. The van der Waals surface area contributed by atoms with Crippen LogP contribution in [0.3, 0.4) is 0 Å². The van der Waals surface area contributed by atoms with Crippen LogP contribution in [0.4, 0.5) is 0 Å². The van der Waals surface area contributed by atoms with Gasteiger partial charge in [0.05, 0.1) is 30.3 Å². The summed E-state index contributed by atoms with van der Waals surface area (Å²) in [7, 11) is 0. The van der Waals surface area contributed by atoms with E-state index in [1.807, 2.05) is 37.3 Å². The van der Waals surface area contributed by atoms with Crippen LogP contribution >= 0.6 is 0 Å². The Hall–Kier alpha value is -4.46. The lowest BCUT2D eigenvalue weighted by molar-refractivity contribution is -0.187. The number of carbonyl (C=O) groups excluding carboxylic acids is 4. The van der Waals surface area contributed by atoms with Crippen molar-refractivity contribution in [3.8, 4) is 0 Å². The first-order chi connectivity index (χ1) is 18.8. The van der Waals surface area contributed by atoms with Crippen LogP contribution in [0.1, 0.15) is 52.1 Å². The Labute approximate surface area is 226 Å². The molecule has 0 radical (unpaired) electrons. The van der Waals surface area contributed by atoms with E-state index in [0.29, 0.717) is 5.57 Å². The molecule has 1 aliphatic carbocycles. The standard InChI is InChI=1S/C31H29NO7/c1-4-37-29(35)31(30(36)38-5-2)18-25(32-27(33)22-11-6-7-12-23(22)28(32)34)39-26-21(10-8-9-13-24(26)31)20-16-14-19(3)15-17-20/h6-17,24-25H,4-5,18H2,1-3H3/t24-,25+/m0/s1. The average molecular weight is 528 g/mol. The van der Waals surface area contributed by atoms with Gasteiger partial charge in [-0.05, 0) is 38.5 Å². The number of allylic oxidation sites excluding steroid dienone is 5. The molecule has 2 aromatic carbocycles. The van der Waals surface area contributed by atoms with Crippen LogP contribution in [0.5, 0.6) is 0 Å². The molecule has 1 saturated heterocycles. The van der Waals surface area contributed by atoms with Gasteiger partial charge in [-0.1, -0.05) is 66.3 Å². The minimum Gasteiger partial charge on any atom is -0.473 e. The molecule has 200 valence electrons. The Morgan fingerprint density at radius 1 is 0.923 bits per heavy atom. The second-order valence-corrected chi connectivity index (χ2v) is 9.58. The summed E-state index contributed by atoms with van der Waals surface area (Å²) in [6, 6.07) is 14.2. The van der Waals surface area contributed by atoms with Crippen molar-refractivity contribution >= 4 is 29.3 Å². The number of hydrogen-bond acceptors (Lipinski definition) is 7. The molecule has 0 unspecified atom stereocenters. The summed E-state index contributed by atoms with van der Waals surface area (Å²) < 4.78 is 17.4. The largest absolute Gasteiger partial charge is 0.473 e. The van der Waals surface area contributed by atoms with Gasteiger partial charge in [-0.25, -0.2) is 4.90 Å². The SMILES string of the molecule is CCOC(=O)C1(C(=O)OCC)C[C@H](N2C(=O)c3ccccc3C2=O)OC2=C(c3ccc(C)cc3)C=CC=C[C@@H]21. The molecule has 2 amide bonds. The summed E-state index contributed by atoms with van der Waals surface area (Å²) in [6.45, 7) is 5.32. The fraction of sp³-hybridized carbons (Fsp3) is 0.290. The predicted molar refractivity (Wildman–Crippen MR) is 142 cm³/mol. The van der Waals surface area contributed by atoms with Crippen molar-refractivity contribution in [2.24, 2.45) is 11.3 Å². The van der Waals surface area contributed by atoms with Gasteiger partial charge in [0.1, 0.15) is 5.76 Å². The number of aryl methyl sites for hydroxylation is 1. The third-order valence-electron chi connectivity index (χ3n) is 7.27. The van der Waals surface area contributed by atoms with E-state index in [9.17, 15) is 19.2 Å². The van der Waals surface area contributed by atoms with Crippen LogP contribution in [0.15, 0.2) is 78.6 Å². The number of benzene rings is 2. The first-order valence-corrected chi connectivity index (χ1v) is 13.0. The maximum Gasteiger partial charge on any atom is 0.324 e. The van der Waals surface area contributed by atoms with E-state index >= 15 is 0 Å². The predicted octanol–water partition coefficient (Wildman–Crippen LogP) is 4.60. The Morgan fingerprint density at radius 2 is 1.51 bits per heavy atom. The fourth-order valence-electron chi connectivity index (χ4n) is 5.39. The second kappa shape index (κ2) is 10.4. The van der Waals surface area contributed by atoms with E-state index in [1.165, 1.54) is 0 Å². The van der Waals surface area contributed by atoms with E-state index in [4.69, 9.17) is 14.2 Å². The van der Waals surface area contributed by atoms with Gasteiger partial charge >= 0.3 is 11.9 Å².